The molecule has 0 aliphatic rings. The topological polar surface area (TPSA) is 67.4 Å². The Hall–Kier alpha value is -2.89. The minimum atomic E-state index is -0.821. The number of halogens is 1. The van der Waals surface area contributed by atoms with Gasteiger partial charge in [0, 0.05) is 18.5 Å². The Morgan fingerprint density at radius 3 is 2.42 bits per heavy atom. The van der Waals surface area contributed by atoms with Crippen molar-refractivity contribution in [1.82, 2.24) is 10.6 Å². The van der Waals surface area contributed by atoms with Crippen LogP contribution in [0.3, 0.4) is 0 Å². The summed E-state index contributed by atoms with van der Waals surface area (Å²) in [5.74, 6) is -0.938. The highest BCUT2D eigenvalue weighted by atomic mass is 19.1. The molecule has 0 unspecified atom stereocenters. The normalized spacial score (nSPS) is 11.4. The van der Waals surface area contributed by atoms with Crippen molar-refractivity contribution in [2.45, 2.75) is 19.0 Å². The predicted molar refractivity (Wildman–Crippen MR) is 87.7 cm³/mol. The first kappa shape index (κ1) is 17.5. The smallest absolute Gasteiger partial charge is 0.328 e. The second kappa shape index (κ2) is 8.67. The Labute approximate surface area is 139 Å². The molecule has 5 nitrogen and oxygen atoms in total. The first-order chi connectivity index (χ1) is 11.6. The van der Waals surface area contributed by atoms with Crippen LogP contribution < -0.4 is 10.6 Å². The lowest BCUT2D eigenvalue weighted by atomic mass is 10.1. The van der Waals surface area contributed by atoms with Crippen LogP contribution in [0.5, 0.6) is 0 Å². The van der Waals surface area contributed by atoms with Gasteiger partial charge in [-0.25, -0.2) is 14.0 Å². The van der Waals surface area contributed by atoms with E-state index in [4.69, 9.17) is 4.74 Å². The van der Waals surface area contributed by atoms with E-state index in [9.17, 15) is 14.0 Å². The number of esters is 1. The minimum absolute atomic E-state index is 0.0255. The molecular weight excluding hydrogens is 311 g/mol. The van der Waals surface area contributed by atoms with Crippen molar-refractivity contribution in [3.63, 3.8) is 0 Å². The number of benzene rings is 2. The molecule has 0 saturated carbocycles. The van der Waals surface area contributed by atoms with E-state index in [-0.39, 0.29) is 6.54 Å². The van der Waals surface area contributed by atoms with Crippen LogP contribution >= 0.6 is 0 Å². The summed E-state index contributed by atoms with van der Waals surface area (Å²) in [6.45, 7) is 0.0255. The summed E-state index contributed by atoms with van der Waals surface area (Å²) in [6.07, 6.45) is 0.306. The van der Waals surface area contributed by atoms with Crippen molar-refractivity contribution in [3.05, 3.63) is 71.5 Å². The molecular formula is C18H19FN2O3. The number of rotatable bonds is 6. The zero-order valence-electron chi connectivity index (χ0n) is 13.3. The molecule has 2 aromatic rings. The number of hydrogen-bond acceptors (Lipinski definition) is 3. The molecule has 0 aliphatic heterocycles. The molecule has 2 rings (SSSR count). The highest BCUT2D eigenvalue weighted by Gasteiger charge is 2.21. The minimum Gasteiger partial charge on any atom is -0.467 e. The molecule has 2 amide bonds. The molecule has 2 N–H and O–H groups in total. The first-order valence-electron chi connectivity index (χ1n) is 7.49. The van der Waals surface area contributed by atoms with E-state index >= 15 is 0 Å². The fourth-order valence-corrected chi connectivity index (χ4v) is 2.21. The molecule has 0 radical (unpaired) electrons. The summed E-state index contributed by atoms with van der Waals surface area (Å²) in [5.41, 5.74) is 1.26. The van der Waals surface area contributed by atoms with E-state index in [2.05, 4.69) is 10.6 Å². The van der Waals surface area contributed by atoms with Crippen molar-refractivity contribution < 1.29 is 18.7 Å². The van der Waals surface area contributed by atoms with Gasteiger partial charge >= 0.3 is 12.0 Å². The highest BCUT2D eigenvalue weighted by Crippen LogP contribution is 2.06. The molecule has 0 heterocycles. The van der Waals surface area contributed by atoms with E-state index < -0.39 is 23.9 Å². The van der Waals surface area contributed by atoms with Gasteiger partial charge in [0.2, 0.25) is 0 Å². The zero-order valence-corrected chi connectivity index (χ0v) is 13.3. The summed E-state index contributed by atoms with van der Waals surface area (Å²) >= 11 is 0. The molecule has 0 bridgehead atoms. The SMILES string of the molecule is COC(=O)[C@@H](Cc1ccccc1)NC(=O)NCc1ccccc1F. The van der Waals surface area contributed by atoms with Crippen LogP contribution in [0.15, 0.2) is 54.6 Å². The Kier molecular flexibility index (Phi) is 6.31. The maximum Gasteiger partial charge on any atom is 0.328 e. The van der Waals surface area contributed by atoms with Gasteiger partial charge in [-0.3, -0.25) is 0 Å². The third-order valence-electron chi connectivity index (χ3n) is 3.47. The fourth-order valence-electron chi connectivity index (χ4n) is 2.21. The second-order valence-electron chi connectivity index (χ2n) is 5.18. The molecule has 2 aromatic carbocycles. The molecule has 126 valence electrons. The van der Waals surface area contributed by atoms with Crippen LogP contribution in [0.1, 0.15) is 11.1 Å². The van der Waals surface area contributed by atoms with Crippen LogP contribution in [0, 0.1) is 5.82 Å². The van der Waals surface area contributed by atoms with Crippen LogP contribution in [-0.4, -0.2) is 25.2 Å². The molecule has 0 saturated heterocycles. The molecule has 1 atom stereocenters. The van der Waals surface area contributed by atoms with Gasteiger partial charge in [0.25, 0.3) is 0 Å². The summed E-state index contributed by atoms with van der Waals surface area (Å²) in [4.78, 5) is 23.9. The Bertz CT molecular complexity index is 692. The molecule has 0 aliphatic carbocycles. The van der Waals surface area contributed by atoms with Crippen molar-refractivity contribution in [2.75, 3.05) is 7.11 Å². The van der Waals surface area contributed by atoms with Crippen LogP contribution in [0.25, 0.3) is 0 Å². The number of hydrogen-bond donors (Lipinski definition) is 2. The maximum atomic E-state index is 13.5. The number of carbonyl (C=O) groups is 2. The summed E-state index contributed by atoms with van der Waals surface area (Å²) < 4.78 is 18.3. The maximum absolute atomic E-state index is 13.5. The highest BCUT2D eigenvalue weighted by molar-refractivity contribution is 5.83. The van der Waals surface area contributed by atoms with E-state index in [1.807, 2.05) is 30.3 Å². The molecule has 24 heavy (non-hydrogen) atoms. The van der Waals surface area contributed by atoms with Gasteiger partial charge in [-0.1, -0.05) is 48.5 Å². The van der Waals surface area contributed by atoms with Crippen molar-refractivity contribution in [3.8, 4) is 0 Å². The monoisotopic (exact) mass is 330 g/mol. The third-order valence-corrected chi connectivity index (χ3v) is 3.47. The van der Waals surface area contributed by atoms with E-state index in [0.717, 1.165) is 5.56 Å². The second-order valence-corrected chi connectivity index (χ2v) is 5.18. The largest absolute Gasteiger partial charge is 0.467 e. The number of methoxy groups -OCH3 is 1. The zero-order chi connectivity index (χ0) is 17.4. The quantitative estimate of drug-likeness (QED) is 0.799. The van der Waals surface area contributed by atoms with Gasteiger partial charge in [0.1, 0.15) is 11.9 Å². The Morgan fingerprint density at radius 2 is 1.75 bits per heavy atom. The number of carbonyl (C=O) groups excluding carboxylic acids is 2. The van der Waals surface area contributed by atoms with Crippen LogP contribution in [-0.2, 0) is 22.5 Å². The van der Waals surface area contributed by atoms with Gasteiger partial charge in [-0.2, -0.15) is 0 Å². The Balaban J connectivity index is 1.94. The van der Waals surface area contributed by atoms with E-state index in [1.54, 1.807) is 18.2 Å². The van der Waals surface area contributed by atoms with Gasteiger partial charge < -0.3 is 15.4 Å². The fraction of sp³-hybridized carbons (Fsp3) is 0.222. The van der Waals surface area contributed by atoms with E-state index in [0.29, 0.717) is 12.0 Å². The average Bonchev–Trinajstić information content (AvgIpc) is 2.60. The number of amides is 2. The standard InChI is InChI=1S/C18H19FN2O3/c1-24-17(22)16(11-13-7-3-2-4-8-13)21-18(23)20-12-14-9-5-6-10-15(14)19/h2-10,16H,11-12H2,1H3,(H2,20,21,23)/t16-/m1/s1. The number of ether oxygens (including phenoxy) is 1. The van der Waals surface area contributed by atoms with Crippen molar-refractivity contribution >= 4 is 12.0 Å². The van der Waals surface area contributed by atoms with Crippen LogP contribution in [0.2, 0.25) is 0 Å². The molecule has 0 fully saturated rings. The lowest BCUT2D eigenvalue weighted by Crippen LogP contribution is -2.47. The summed E-state index contributed by atoms with van der Waals surface area (Å²) in [5, 5.41) is 5.10. The van der Waals surface area contributed by atoms with Gasteiger partial charge in [0.15, 0.2) is 0 Å². The first-order valence-corrected chi connectivity index (χ1v) is 7.49. The van der Waals surface area contributed by atoms with Crippen molar-refractivity contribution in [2.24, 2.45) is 0 Å². The number of nitrogens with one attached hydrogen (secondary N) is 2. The van der Waals surface area contributed by atoms with Gasteiger partial charge in [-0.15, -0.1) is 0 Å². The van der Waals surface area contributed by atoms with Gasteiger partial charge in [-0.05, 0) is 11.6 Å². The van der Waals surface area contributed by atoms with Crippen LogP contribution in [0.4, 0.5) is 9.18 Å². The third kappa shape index (κ3) is 5.08. The molecule has 0 spiro atoms. The molecule has 0 aromatic heterocycles. The average molecular weight is 330 g/mol. The lowest BCUT2D eigenvalue weighted by molar-refractivity contribution is -0.142. The molecule has 6 heteroatoms. The summed E-state index contributed by atoms with van der Waals surface area (Å²) in [6, 6.07) is 14.1. The summed E-state index contributed by atoms with van der Waals surface area (Å²) in [7, 11) is 1.26. The van der Waals surface area contributed by atoms with Gasteiger partial charge in [0.05, 0.1) is 7.11 Å². The predicted octanol–water partition coefficient (Wildman–Crippen LogP) is 2.41. The number of urea groups is 1. The van der Waals surface area contributed by atoms with E-state index in [1.165, 1.54) is 13.2 Å². The Morgan fingerprint density at radius 1 is 1.08 bits per heavy atom. The van der Waals surface area contributed by atoms with Crippen molar-refractivity contribution in [1.29, 1.82) is 0 Å². The lowest BCUT2D eigenvalue weighted by Gasteiger charge is -2.17.